The molecule has 2 aromatic carbocycles. The summed E-state index contributed by atoms with van der Waals surface area (Å²) in [6.45, 7) is 3.90. The van der Waals surface area contributed by atoms with Crippen LogP contribution in [0.1, 0.15) is 20.8 Å². The van der Waals surface area contributed by atoms with Crippen LogP contribution >= 0.6 is 0 Å². The minimum atomic E-state index is -0.476. The van der Waals surface area contributed by atoms with Crippen LogP contribution in [0.5, 0.6) is 5.75 Å². The van der Waals surface area contributed by atoms with E-state index < -0.39 is 5.91 Å². The highest BCUT2D eigenvalue weighted by Crippen LogP contribution is 2.22. The van der Waals surface area contributed by atoms with E-state index >= 15 is 0 Å². The lowest BCUT2D eigenvalue weighted by Gasteiger charge is -2.10. The van der Waals surface area contributed by atoms with Gasteiger partial charge in [0.25, 0.3) is 11.8 Å². The molecule has 142 valence electrons. The second-order valence-electron chi connectivity index (χ2n) is 5.82. The highest BCUT2D eigenvalue weighted by Gasteiger charge is 2.20. The lowest BCUT2D eigenvalue weighted by molar-refractivity contribution is 0.0959. The van der Waals surface area contributed by atoms with Crippen molar-refractivity contribution in [2.45, 2.75) is 0 Å². The van der Waals surface area contributed by atoms with Crippen LogP contribution in [0.15, 0.2) is 73.4 Å². The summed E-state index contributed by atoms with van der Waals surface area (Å²) in [6.07, 6.45) is 3.22. The van der Waals surface area contributed by atoms with E-state index in [4.69, 9.17) is 4.74 Å². The molecule has 0 atom stereocenters. The van der Waals surface area contributed by atoms with Crippen LogP contribution in [0.25, 0.3) is 5.69 Å². The number of carbonyl (C=O) groups excluding carboxylic acids is 2. The number of nitrogens with zero attached hydrogens (tertiary/aromatic N) is 2. The third kappa shape index (κ3) is 4.09. The number of methoxy groups -OCH3 is 1. The number of aromatic nitrogens is 2. The average molecular weight is 376 g/mol. The summed E-state index contributed by atoms with van der Waals surface area (Å²) in [5, 5.41) is 9.78. The average Bonchev–Trinajstić information content (AvgIpc) is 3.18. The number of hydrogen-bond donors (Lipinski definition) is 2. The van der Waals surface area contributed by atoms with E-state index in [1.54, 1.807) is 41.2 Å². The standard InChI is InChI=1S/C21H20N4O3/c1-3-13-22-20(26)16-11-7-8-12-17(16)23-21(27)19-18(28-2)14-25(24-19)15-9-5-4-6-10-15/h3-12,14H,1,13H2,2H3,(H,22,26)(H,23,27). The number of benzene rings is 2. The molecule has 3 aromatic rings. The zero-order valence-electron chi connectivity index (χ0n) is 15.4. The summed E-state index contributed by atoms with van der Waals surface area (Å²) in [5.41, 5.74) is 1.64. The van der Waals surface area contributed by atoms with Gasteiger partial charge in [-0.2, -0.15) is 5.10 Å². The van der Waals surface area contributed by atoms with Gasteiger partial charge < -0.3 is 15.4 Å². The van der Waals surface area contributed by atoms with Crippen LogP contribution in [0.3, 0.4) is 0 Å². The highest BCUT2D eigenvalue weighted by molar-refractivity contribution is 6.09. The summed E-state index contributed by atoms with van der Waals surface area (Å²) in [7, 11) is 1.47. The van der Waals surface area contributed by atoms with Crippen molar-refractivity contribution in [2.24, 2.45) is 0 Å². The zero-order chi connectivity index (χ0) is 19.9. The molecule has 1 heterocycles. The summed E-state index contributed by atoms with van der Waals surface area (Å²) in [4.78, 5) is 25.1. The minimum absolute atomic E-state index is 0.118. The maximum absolute atomic E-state index is 12.8. The number of para-hydroxylation sites is 2. The molecule has 0 radical (unpaired) electrons. The van der Waals surface area contributed by atoms with E-state index in [2.05, 4.69) is 22.3 Å². The second kappa shape index (κ2) is 8.68. The largest absolute Gasteiger partial charge is 0.493 e. The molecule has 0 aliphatic heterocycles. The Kier molecular flexibility index (Phi) is 5.86. The van der Waals surface area contributed by atoms with Gasteiger partial charge in [0.1, 0.15) is 0 Å². The van der Waals surface area contributed by atoms with Crippen LogP contribution < -0.4 is 15.4 Å². The maximum Gasteiger partial charge on any atom is 0.280 e. The van der Waals surface area contributed by atoms with Crippen LogP contribution in [0.4, 0.5) is 5.69 Å². The Morgan fingerprint density at radius 2 is 1.82 bits per heavy atom. The molecule has 3 rings (SSSR count). The SMILES string of the molecule is C=CCNC(=O)c1ccccc1NC(=O)c1nn(-c2ccccc2)cc1OC. The predicted octanol–water partition coefficient (Wildman–Crippen LogP) is 3.05. The number of carbonyl (C=O) groups is 2. The Hall–Kier alpha value is -3.87. The fourth-order valence-corrected chi connectivity index (χ4v) is 2.61. The number of nitrogens with one attached hydrogen (secondary N) is 2. The Bertz CT molecular complexity index is 996. The fraction of sp³-hybridized carbons (Fsp3) is 0.0952. The van der Waals surface area contributed by atoms with Crippen molar-refractivity contribution in [3.8, 4) is 11.4 Å². The van der Waals surface area contributed by atoms with Gasteiger partial charge in [0.2, 0.25) is 0 Å². The van der Waals surface area contributed by atoms with Crippen molar-refractivity contribution in [3.63, 3.8) is 0 Å². The van der Waals surface area contributed by atoms with Crippen molar-refractivity contribution >= 4 is 17.5 Å². The van der Waals surface area contributed by atoms with Crippen molar-refractivity contribution in [1.29, 1.82) is 0 Å². The molecule has 7 nitrogen and oxygen atoms in total. The first-order chi connectivity index (χ1) is 13.6. The zero-order valence-corrected chi connectivity index (χ0v) is 15.4. The van der Waals surface area contributed by atoms with Gasteiger partial charge in [0.15, 0.2) is 11.4 Å². The lowest BCUT2D eigenvalue weighted by atomic mass is 10.1. The van der Waals surface area contributed by atoms with E-state index in [0.717, 1.165) is 5.69 Å². The van der Waals surface area contributed by atoms with Gasteiger partial charge >= 0.3 is 0 Å². The molecular weight excluding hydrogens is 356 g/mol. The van der Waals surface area contributed by atoms with E-state index in [0.29, 0.717) is 23.5 Å². The molecule has 0 aliphatic carbocycles. The van der Waals surface area contributed by atoms with Crippen molar-refractivity contribution in [1.82, 2.24) is 15.1 Å². The van der Waals surface area contributed by atoms with E-state index in [9.17, 15) is 9.59 Å². The van der Waals surface area contributed by atoms with Gasteiger partial charge in [-0.1, -0.05) is 36.4 Å². The third-order valence-corrected chi connectivity index (χ3v) is 3.96. The van der Waals surface area contributed by atoms with Gasteiger partial charge in [0.05, 0.1) is 30.2 Å². The predicted molar refractivity (Wildman–Crippen MR) is 107 cm³/mol. The van der Waals surface area contributed by atoms with E-state index in [1.807, 2.05) is 30.3 Å². The number of rotatable bonds is 7. The third-order valence-electron chi connectivity index (χ3n) is 3.96. The van der Waals surface area contributed by atoms with Gasteiger partial charge in [0, 0.05) is 6.54 Å². The van der Waals surface area contributed by atoms with Crippen molar-refractivity contribution < 1.29 is 14.3 Å². The lowest BCUT2D eigenvalue weighted by Crippen LogP contribution is -2.25. The molecule has 28 heavy (non-hydrogen) atoms. The molecular formula is C21H20N4O3. The summed E-state index contributed by atoms with van der Waals surface area (Å²) < 4.78 is 6.87. The fourth-order valence-electron chi connectivity index (χ4n) is 2.61. The molecule has 7 heteroatoms. The molecule has 0 unspecified atom stereocenters. The first-order valence-corrected chi connectivity index (χ1v) is 8.62. The molecule has 2 N–H and O–H groups in total. The molecule has 0 saturated heterocycles. The Labute approximate surface area is 162 Å². The van der Waals surface area contributed by atoms with Crippen molar-refractivity contribution in [2.75, 3.05) is 19.0 Å². The Morgan fingerprint density at radius 3 is 2.54 bits per heavy atom. The van der Waals surface area contributed by atoms with Gasteiger partial charge in [-0.3, -0.25) is 9.59 Å². The van der Waals surface area contributed by atoms with Crippen LogP contribution in [-0.2, 0) is 0 Å². The topological polar surface area (TPSA) is 85.3 Å². The van der Waals surface area contributed by atoms with Crippen LogP contribution in [0, 0.1) is 0 Å². The van der Waals surface area contributed by atoms with Crippen molar-refractivity contribution in [3.05, 3.63) is 84.7 Å². The number of anilines is 1. The quantitative estimate of drug-likeness (QED) is 0.621. The first kappa shape index (κ1) is 18.9. The molecule has 0 bridgehead atoms. The second-order valence-corrected chi connectivity index (χ2v) is 5.82. The smallest absolute Gasteiger partial charge is 0.280 e. The number of amides is 2. The summed E-state index contributed by atoms with van der Waals surface area (Å²) in [6, 6.07) is 16.1. The Balaban J connectivity index is 1.87. The monoisotopic (exact) mass is 376 g/mol. The number of ether oxygens (including phenoxy) is 1. The van der Waals surface area contributed by atoms with Crippen LogP contribution in [0.2, 0.25) is 0 Å². The minimum Gasteiger partial charge on any atom is -0.493 e. The number of hydrogen-bond acceptors (Lipinski definition) is 4. The van der Waals surface area contributed by atoms with E-state index in [1.165, 1.54) is 7.11 Å². The molecule has 0 spiro atoms. The normalized spacial score (nSPS) is 10.2. The molecule has 0 saturated carbocycles. The van der Waals surface area contributed by atoms with Gasteiger partial charge in [-0.25, -0.2) is 4.68 Å². The van der Waals surface area contributed by atoms with E-state index in [-0.39, 0.29) is 11.6 Å². The first-order valence-electron chi connectivity index (χ1n) is 8.62. The summed E-state index contributed by atoms with van der Waals surface area (Å²) in [5.74, 6) is -0.456. The van der Waals surface area contributed by atoms with Gasteiger partial charge in [-0.05, 0) is 24.3 Å². The Morgan fingerprint density at radius 1 is 1.11 bits per heavy atom. The summed E-state index contributed by atoms with van der Waals surface area (Å²) >= 11 is 0. The maximum atomic E-state index is 12.8. The molecule has 0 fully saturated rings. The molecule has 1 aromatic heterocycles. The highest BCUT2D eigenvalue weighted by atomic mass is 16.5. The molecule has 2 amide bonds. The molecule has 0 aliphatic rings. The van der Waals surface area contributed by atoms with Gasteiger partial charge in [-0.15, -0.1) is 6.58 Å². The van der Waals surface area contributed by atoms with Crippen LogP contribution in [-0.4, -0.2) is 35.2 Å².